The predicted octanol–water partition coefficient (Wildman–Crippen LogP) is 4.19. The van der Waals surface area contributed by atoms with Crippen molar-refractivity contribution in [2.45, 2.75) is 23.5 Å². The first-order valence-electron chi connectivity index (χ1n) is 4.73. The van der Waals surface area contributed by atoms with Gasteiger partial charge in [-0.2, -0.15) is 0 Å². The quantitative estimate of drug-likeness (QED) is 0.726. The van der Waals surface area contributed by atoms with Crippen molar-refractivity contribution in [3.8, 4) is 0 Å². The summed E-state index contributed by atoms with van der Waals surface area (Å²) in [5.41, 5.74) is -0.196. The number of hydrogen-bond acceptors (Lipinski definition) is 1. The molecule has 1 fully saturated rings. The molecular formula is C10H12Br2Cl2O2. The second kappa shape index (κ2) is 5.17. The summed E-state index contributed by atoms with van der Waals surface area (Å²) in [6.45, 7) is 3.91. The molecule has 0 saturated heterocycles. The Bertz CT molecular complexity index is 327. The minimum atomic E-state index is -0.750. The molecule has 0 aromatic heterocycles. The van der Waals surface area contributed by atoms with Crippen molar-refractivity contribution in [2.75, 3.05) is 0 Å². The smallest absolute Gasteiger partial charge is 0.307 e. The first kappa shape index (κ1) is 14.8. The van der Waals surface area contributed by atoms with E-state index in [1.165, 1.54) is 0 Å². The molecule has 0 amide bonds. The van der Waals surface area contributed by atoms with Gasteiger partial charge in [-0.1, -0.05) is 68.9 Å². The Hall–Kier alpha value is 0.750. The number of aliphatic carboxylic acids is 1. The van der Waals surface area contributed by atoms with Gasteiger partial charge in [0, 0.05) is 9.65 Å². The third kappa shape index (κ3) is 2.95. The van der Waals surface area contributed by atoms with Crippen LogP contribution in [0.3, 0.4) is 0 Å². The number of carboxylic acids is 1. The van der Waals surface area contributed by atoms with E-state index in [1.807, 2.05) is 13.8 Å². The Morgan fingerprint density at radius 2 is 1.94 bits per heavy atom. The average Bonchev–Trinajstić information content (AvgIpc) is 2.66. The molecule has 2 nitrogen and oxygen atoms in total. The van der Waals surface area contributed by atoms with Gasteiger partial charge in [0.25, 0.3) is 0 Å². The Morgan fingerprint density at radius 3 is 2.25 bits per heavy atom. The van der Waals surface area contributed by atoms with E-state index in [9.17, 15) is 4.79 Å². The lowest BCUT2D eigenvalue weighted by atomic mass is 10.1. The van der Waals surface area contributed by atoms with Crippen molar-refractivity contribution in [1.82, 2.24) is 0 Å². The van der Waals surface area contributed by atoms with Crippen LogP contribution in [-0.2, 0) is 4.79 Å². The van der Waals surface area contributed by atoms with Gasteiger partial charge in [-0.3, -0.25) is 4.79 Å². The fraction of sp³-hybridized carbons (Fsp3) is 0.700. The Labute approximate surface area is 122 Å². The molecule has 92 valence electrons. The molecule has 0 aliphatic heterocycles. The molecule has 6 heteroatoms. The molecule has 4 atom stereocenters. The Morgan fingerprint density at radius 1 is 1.44 bits per heavy atom. The van der Waals surface area contributed by atoms with E-state index in [2.05, 4.69) is 31.9 Å². The largest absolute Gasteiger partial charge is 0.481 e. The zero-order chi connectivity index (χ0) is 12.7. The maximum atomic E-state index is 11.0. The van der Waals surface area contributed by atoms with E-state index < -0.39 is 5.97 Å². The van der Waals surface area contributed by atoms with Gasteiger partial charge in [0.15, 0.2) is 0 Å². The Balaban J connectivity index is 2.74. The third-order valence-electron chi connectivity index (χ3n) is 3.11. The molecule has 0 bridgehead atoms. The molecule has 1 saturated carbocycles. The number of allylic oxidation sites excluding steroid dienone is 1. The third-order valence-corrected chi connectivity index (χ3v) is 6.04. The van der Waals surface area contributed by atoms with Crippen LogP contribution in [0.2, 0.25) is 0 Å². The topological polar surface area (TPSA) is 37.3 Å². The summed E-state index contributed by atoms with van der Waals surface area (Å²) < 4.78 is 0.177. The number of hydrogen-bond donors (Lipinski definition) is 1. The van der Waals surface area contributed by atoms with Gasteiger partial charge >= 0.3 is 5.97 Å². The monoisotopic (exact) mass is 392 g/mol. The van der Waals surface area contributed by atoms with Gasteiger partial charge in [0.1, 0.15) is 4.49 Å². The van der Waals surface area contributed by atoms with Crippen LogP contribution in [0.15, 0.2) is 10.6 Å². The number of rotatable bonds is 4. The molecule has 2 unspecified atom stereocenters. The second-order valence-corrected chi connectivity index (χ2v) is 7.63. The minimum Gasteiger partial charge on any atom is -0.481 e. The summed E-state index contributed by atoms with van der Waals surface area (Å²) in [6.07, 6.45) is 1.65. The molecule has 1 aliphatic rings. The lowest BCUT2D eigenvalue weighted by Crippen LogP contribution is -2.17. The summed E-state index contributed by atoms with van der Waals surface area (Å²) in [5.74, 6) is -1.00. The van der Waals surface area contributed by atoms with E-state index >= 15 is 0 Å². The van der Waals surface area contributed by atoms with Crippen LogP contribution in [0.1, 0.15) is 13.8 Å². The minimum absolute atomic E-state index is 0.00361. The lowest BCUT2D eigenvalue weighted by molar-refractivity contribution is -0.139. The molecular weight excluding hydrogens is 383 g/mol. The molecule has 0 aromatic carbocycles. The van der Waals surface area contributed by atoms with E-state index in [1.54, 1.807) is 6.08 Å². The second-order valence-electron chi connectivity index (χ2n) is 4.51. The molecule has 16 heavy (non-hydrogen) atoms. The van der Waals surface area contributed by atoms with Gasteiger partial charge < -0.3 is 5.11 Å². The normalized spacial score (nSPS) is 30.4. The molecule has 1 rings (SSSR count). The van der Waals surface area contributed by atoms with Crippen LogP contribution in [0.5, 0.6) is 0 Å². The van der Waals surface area contributed by atoms with E-state index in [0.717, 1.165) is 0 Å². The maximum Gasteiger partial charge on any atom is 0.307 e. The standard InChI is InChI=1S/C10H12Br2Cl2O2/c1-10(2)6(7(10)9(15)16)8(12)4(11)3-5(13)14/h3-4,6-8H,1-2H3,(H,15,16)/t4?,6-,7-,8?/m1/s1. The molecule has 1 N–H and O–H groups in total. The summed E-state index contributed by atoms with van der Waals surface area (Å²) in [6, 6.07) is 0. The summed E-state index contributed by atoms with van der Waals surface area (Å²) in [5, 5.41) is 9.07. The maximum absolute atomic E-state index is 11.0. The fourth-order valence-corrected chi connectivity index (χ4v) is 4.46. The van der Waals surface area contributed by atoms with Crippen molar-refractivity contribution in [3.05, 3.63) is 10.6 Å². The summed E-state index contributed by atoms with van der Waals surface area (Å²) in [4.78, 5) is 11.0. The molecule has 0 aromatic rings. The lowest BCUT2D eigenvalue weighted by Gasteiger charge is -2.14. The molecule has 0 radical (unpaired) electrons. The van der Waals surface area contributed by atoms with Gasteiger partial charge in [0.05, 0.1) is 5.92 Å². The van der Waals surface area contributed by atoms with E-state index in [0.29, 0.717) is 0 Å². The van der Waals surface area contributed by atoms with Crippen molar-refractivity contribution >= 4 is 61.0 Å². The summed E-state index contributed by atoms with van der Waals surface area (Å²) in [7, 11) is 0. The predicted molar refractivity (Wildman–Crippen MR) is 73.6 cm³/mol. The number of carbonyl (C=O) groups is 1. The van der Waals surface area contributed by atoms with E-state index in [-0.39, 0.29) is 31.4 Å². The summed E-state index contributed by atoms with van der Waals surface area (Å²) >= 11 is 18.1. The first-order valence-corrected chi connectivity index (χ1v) is 7.32. The van der Waals surface area contributed by atoms with Gasteiger partial charge in [0.2, 0.25) is 0 Å². The van der Waals surface area contributed by atoms with E-state index in [4.69, 9.17) is 28.3 Å². The Kier molecular flexibility index (Phi) is 4.78. The van der Waals surface area contributed by atoms with Crippen LogP contribution in [0.25, 0.3) is 0 Å². The van der Waals surface area contributed by atoms with Crippen LogP contribution in [0.4, 0.5) is 0 Å². The van der Waals surface area contributed by atoms with Gasteiger partial charge in [-0.05, 0) is 17.4 Å². The van der Waals surface area contributed by atoms with Crippen LogP contribution in [-0.4, -0.2) is 20.7 Å². The number of carboxylic acid groups (broad SMARTS) is 1. The highest BCUT2D eigenvalue weighted by Gasteiger charge is 2.65. The van der Waals surface area contributed by atoms with Crippen molar-refractivity contribution in [2.24, 2.45) is 17.3 Å². The average molecular weight is 395 g/mol. The molecule has 0 heterocycles. The zero-order valence-corrected chi connectivity index (χ0v) is 13.4. The van der Waals surface area contributed by atoms with Gasteiger partial charge in [-0.25, -0.2) is 0 Å². The zero-order valence-electron chi connectivity index (χ0n) is 8.75. The number of alkyl halides is 2. The highest BCUT2D eigenvalue weighted by Crippen LogP contribution is 2.62. The number of halogens is 4. The van der Waals surface area contributed by atoms with Crippen LogP contribution >= 0.6 is 55.1 Å². The van der Waals surface area contributed by atoms with Gasteiger partial charge in [-0.15, -0.1) is 0 Å². The fourth-order valence-electron chi connectivity index (χ4n) is 2.15. The van der Waals surface area contributed by atoms with Crippen LogP contribution in [0, 0.1) is 17.3 Å². The molecule has 0 spiro atoms. The van der Waals surface area contributed by atoms with Crippen LogP contribution < -0.4 is 0 Å². The highest BCUT2D eigenvalue weighted by atomic mass is 79.9. The molecule has 1 aliphatic carbocycles. The first-order chi connectivity index (χ1) is 7.19. The highest BCUT2D eigenvalue weighted by molar-refractivity contribution is 9.12. The van der Waals surface area contributed by atoms with Crippen molar-refractivity contribution in [1.29, 1.82) is 0 Å². The van der Waals surface area contributed by atoms with Crippen molar-refractivity contribution < 1.29 is 9.90 Å². The SMILES string of the molecule is CC1(C)[C@@H](C(=O)O)[C@@H]1C(Br)C(Br)C=C(Cl)Cl. The van der Waals surface area contributed by atoms with Crippen molar-refractivity contribution in [3.63, 3.8) is 0 Å².